The van der Waals surface area contributed by atoms with E-state index in [0.29, 0.717) is 0 Å². The Morgan fingerprint density at radius 3 is 2.64 bits per heavy atom. The molecule has 0 bridgehead atoms. The Morgan fingerprint density at radius 2 is 2.04 bits per heavy atom. The molecule has 1 aromatic carbocycles. The van der Waals surface area contributed by atoms with Crippen molar-refractivity contribution in [3.8, 4) is 11.4 Å². The second-order valence-electron chi connectivity index (χ2n) is 5.50. The minimum Gasteiger partial charge on any atom is -0.460 e. The van der Waals surface area contributed by atoms with E-state index in [1.807, 2.05) is 0 Å². The number of rotatable bonds is 4. The van der Waals surface area contributed by atoms with Gasteiger partial charge < -0.3 is 4.74 Å². The van der Waals surface area contributed by atoms with E-state index < -0.39 is 17.7 Å². The minimum absolute atomic E-state index is 0.0761. The lowest BCUT2D eigenvalue weighted by molar-refractivity contribution is -0.141. The van der Waals surface area contributed by atoms with Crippen molar-refractivity contribution in [2.45, 2.75) is 33.1 Å². The van der Waals surface area contributed by atoms with Crippen LogP contribution in [0.25, 0.3) is 17.6 Å². The van der Waals surface area contributed by atoms with Crippen LogP contribution >= 0.6 is 11.6 Å². The van der Waals surface area contributed by atoms with E-state index in [4.69, 9.17) is 16.3 Å². The lowest BCUT2D eigenvalue weighted by Gasteiger charge is -2.12. The van der Waals surface area contributed by atoms with E-state index in [2.05, 4.69) is 10.1 Å². The highest BCUT2D eigenvalue weighted by Gasteiger charge is 2.34. The topological polar surface area (TPSA) is 57.0 Å². The van der Waals surface area contributed by atoms with Crippen LogP contribution in [0.2, 0.25) is 5.02 Å². The van der Waals surface area contributed by atoms with Crippen LogP contribution in [0.3, 0.4) is 0 Å². The number of aryl methyl sites for hydroxylation is 1. The molecule has 2 rings (SSSR count). The summed E-state index contributed by atoms with van der Waals surface area (Å²) in [7, 11) is 0. The van der Waals surface area contributed by atoms with Gasteiger partial charge in [-0.15, -0.1) is 5.10 Å². The van der Waals surface area contributed by atoms with Crippen molar-refractivity contribution in [2.75, 3.05) is 0 Å². The maximum absolute atomic E-state index is 13.1. The molecule has 0 atom stereocenters. The number of ether oxygens (including phenoxy) is 1. The highest BCUT2D eigenvalue weighted by Crippen LogP contribution is 2.38. The smallest absolute Gasteiger partial charge is 0.417 e. The first-order chi connectivity index (χ1) is 11.6. The number of carbonyl (C=O) groups excluding carboxylic acids is 1. The molecule has 0 radical (unpaired) electrons. The third kappa shape index (κ3) is 4.82. The van der Waals surface area contributed by atoms with Crippen molar-refractivity contribution >= 4 is 23.8 Å². The van der Waals surface area contributed by atoms with Crippen molar-refractivity contribution < 1.29 is 22.7 Å². The van der Waals surface area contributed by atoms with Gasteiger partial charge in [0.25, 0.3) is 0 Å². The monoisotopic (exact) mass is 373 g/mol. The fraction of sp³-hybridized carbons (Fsp3) is 0.312. The van der Waals surface area contributed by atoms with Gasteiger partial charge in [-0.3, -0.25) is 0 Å². The van der Waals surface area contributed by atoms with Crippen LogP contribution in [0.15, 0.2) is 24.5 Å². The third-order valence-corrected chi connectivity index (χ3v) is 3.54. The molecule has 25 heavy (non-hydrogen) atoms. The van der Waals surface area contributed by atoms with Gasteiger partial charge in [-0.25, -0.2) is 14.5 Å². The average molecular weight is 374 g/mol. The fourth-order valence-corrected chi connectivity index (χ4v) is 2.21. The molecule has 0 saturated heterocycles. The molecule has 0 aliphatic rings. The molecule has 1 aromatic heterocycles. The van der Waals surface area contributed by atoms with Crippen LogP contribution in [-0.2, 0) is 15.7 Å². The zero-order valence-corrected chi connectivity index (χ0v) is 14.4. The van der Waals surface area contributed by atoms with Crippen molar-refractivity contribution in [3.05, 3.63) is 40.7 Å². The summed E-state index contributed by atoms with van der Waals surface area (Å²) in [5, 5.41) is 3.67. The lowest BCUT2D eigenvalue weighted by Crippen LogP contribution is -2.08. The van der Waals surface area contributed by atoms with Gasteiger partial charge in [0.2, 0.25) is 0 Å². The summed E-state index contributed by atoms with van der Waals surface area (Å²) in [5.41, 5.74) is -0.512. The minimum atomic E-state index is -4.58. The van der Waals surface area contributed by atoms with Crippen LogP contribution in [-0.4, -0.2) is 26.8 Å². The predicted octanol–water partition coefficient (Wildman–Crippen LogP) is 4.35. The van der Waals surface area contributed by atoms with Crippen LogP contribution in [0.5, 0.6) is 0 Å². The predicted molar refractivity (Wildman–Crippen MR) is 86.8 cm³/mol. The summed E-state index contributed by atoms with van der Waals surface area (Å²) >= 11 is 5.74. The molecule has 5 nitrogen and oxygen atoms in total. The molecular weight excluding hydrogens is 359 g/mol. The highest BCUT2D eigenvalue weighted by molar-refractivity contribution is 6.32. The Morgan fingerprint density at radius 1 is 1.36 bits per heavy atom. The molecule has 0 spiro atoms. The summed E-state index contributed by atoms with van der Waals surface area (Å²) in [6.07, 6.45) is -1.13. The number of benzene rings is 1. The number of halogens is 4. The summed E-state index contributed by atoms with van der Waals surface area (Å²) in [6.45, 7) is 4.89. The quantitative estimate of drug-likeness (QED) is 0.590. The Hall–Kier alpha value is -2.35. The Kier molecular flexibility index (Phi) is 5.52. The van der Waals surface area contributed by atoms with Crippen LogP contribution in [0.1, 0.15) is 25.0 Å². The standard InChI is InChI=1S/C16H15ClF3N3O2/c1-9(2)25-13(24)4-5-23-8-21-15(22-23)11-6-10(3)14(17)12(7-11)16(18,19)20/h4-9H,1-3H3/b5-4-. The van der Waals surface area contributed by atoms with E-state index in [0.717, 1.165) is 12.1 Å². The van der Waals surface area contributed by atoms with E-state index in [1.165, 1.54) is 30.2 Å². The second kappa shape index (κ2) is 7.26. The number of esters is 1. The Labute approximate surface area is 147 Å². The van der Waals surface area contributed by atoms with Crippen LogP contribution < -0.4 is 0 Å². The fourth-order valence-electron chi connectivity index (χ4n) is 1.99. The summed E-state index contributed by atoms with van der Waals surface area (Å²) in [4.78, 5) is 15.4. The van der Waals surface area contributed by atoms with E-state index in [-0.39, 0.29) is 28.1 Å². The van der Waals surface area contributed by atoms with Crippen molar-refractivity contribution in [1.29, 1.82) is 0 Å². The molecule has 0 saturated carbocycles. The molecule has 9 heteroatoms. The zero-order valence-electron chi connectivity index (χ0n) is 13.6. The molecule has 0 N–H and O–H groups in total. The summed E-state index contributed by atoms with van der Waals surface area (Å²) in [6, 6.07) is 2.36. The normalized spacial score (nSPS) is 12.2. The van der Waals surface area contributed by atoms with Gasteiger partial charge >= 0.3 is 12.1 Å². The molecular formula is C16H15ClF3N3O2. The number of hydrogen-bond acceptors (Lipinski definition) is 4. The molecule has 0 aliphatic heterocycles. The third-order valence-electron chi connectivity index (χ3n) is 3.04. The van der Waals surface area contributed by atoms with E-state index >= 15 is 0 Å². The van der Waals surface area contributed by atoms with Gasteiger partial charge in [0.1, 0.15) is 6.33 Å². The molecule has 1 heterocycles. The SMILES string of the molecule is Cc1cc(-c2ncn(/C=C\C(=O)OC(C)C)n2)cc(C(F)(F)F)c1Cl. The summed E-state index contributed by atoms with van der Waals surface area (Å²) in [5.74, 6) is -0.485. The van der Waals surface area contributed by atoms with Gasteiger partial charge in [0.15, 0.2) is 5.82 Å². The first-order valence-corrected chi connectivity index (χ1v) is 7.63. The Balaban J connectivity index is 2.30. The molecule has 134 valence electrons. The van der Waals surface area contributed by atoms with Crippen molar-refractivity contribution in [2.24, 2.45) is 0 Å². The van der Waals surface area contributed by atoms with Crippen molar-refractivity contribution in [1.82, 2.24) is 14.8 Å². The van der Waals surface area contributed by atoms with E-state index in [9.17, 15) is 18.0 Å². The number of hydrogen-bond donors (Lipinski definition) is 0. The van der Waals surface area contributed by atoms with Gasteiger partial charge in [0.05, 0.1) is 16.7 Å². The molecule has 2 aromatic rings. The second-order valence-corrected chi connectivity index (χ2v) is 5.88. The molecule has 0 unspecified atom stereocenters. The first kappa shape index (κ1) is 19.0. The summed E-state index contributed by atoms with van der Waals surface area (Å²) < 4.78 is 45.3. The van der Waals surface area contributed by atoms with Gasteiger partial charge in [-0.05, 0) is 38.5 Å². The van der Waals surface area contributed by atoms with Gasteiger partial charge in [-0.2, -0.15) is 13.2 Å². The van der Waals surface area contributed by atoms with Gasteiger partial charge in [0, 0.05) is 17.8 Å². The Bertz CT molecular complexity index is 813. The first-order valence-electron chi connectivity index (χ1n) is 7.25. The van der Waals surface area contributed by atoms with E-state index in [1.54, 1.807) is 13.8 Å². The maximum atomic E-state index is 13.1. The van der Waals surface area contributed by atoms with Crippen LogP contribution in [0, 0.1) is 6.92 Å². The molecule has 0 fully saturated rings. The number of carbonyl (C=O) groups is 1. The van der Waals surface area contributed by atoms with Crippen LogP contribution in [0.4, 0.5) is 13.2 Å². The highest BCUT2D eigenvalue weighted by atomic mass is 35.5. The lowest BCUT2D eigenvalue weighted by atomic mass is 10.1. The number of alkyl halides is 3. The average Bonchev–Trinajstić information content (AvgIpc) is 2.95. The molecule has 0 aliphatic carbocycles. The van der Waals surface area contributed by atoms with Crippen molar-refractivity contribution in [3.63, 3.8) is 0 Å². The zero-order chi connectivity index (χ0) is 18.8. The maximum Gasteiger partial charge on any atom is 0.417 e. The number of aromatic nitrogens is 3. The number of nitrogens with zero attached hydrogens (tertiary/aromatic N) is 3. The molecule has 0 amide bonds. The van der Waals surface area contributed by atoms with Gasteiger partial charge in [-0.1, -0.05) is 11.6 Å². The largest absolute Gasteiger partial charge is 0.460 e.